The van der Waals surface area contributed by atoms with E-state index in [4.69, 9.17) is 0 Å². The lowest BCUT2D eigenvalue weighted by Gasteiger charge is -2.38. The molecule has 1 saturated heterocycles. The number of carbonyl (C=O) groups excluding carboxylic acids is 1. The fourth-order valence-corrected chi connectivity index (χ4v) is 6.23. The third kappa shape index (κ3) is 5.65. The van der Waals surface area contributed by atoms with Crippen molar-refractivity contribution in [3.63, 3.8) is 0 Å². The number of nitrogens with zero attached hydrogens (tertiary/aromatic N) is 3. The van der Waals surface area contributed by atoms with Gasteiger partial charge in [0.25, 0.3) is 10.2 Å². The molecule has 7 nitrogen and oxygen atoms in total. The van der Waals surface area contributed by atoms with Crippen LogP contribution in [0.15, 0.2) is 0 Å². The zero-order valence-corrected chi connectivity index (χ0v) is 17.6. The summed E-state index contributed by atoms with van der Waals surface area (Å²) < 4.78 is 29.1. The minimum Gasteiger partial charge on any atom is -0.352 e. The SMILES string of the molecule is CN(C1CCCCC1)S(=O)(=O)N1CCN(CC(=O)NC2CCCCC2)CC1. The zero-order valence-electron chi connectivity index (χ0n) is 16.7. The first-order valence-electron chi connectivity index (χ1n) is 10.7. The molecule has 0 bridgehead atoms. The van der Waals surface area contributed by atoms with E-state index in [1.54, 1.807) is 15.7 Å². The lowest BCUT2D eigenvalue weighted by Crippen LogP contribution is -2.55. The van der Waals surface area contributed by atoms with E-state index in [0.717, 1.165) is 38.5 Å². The van der Waals surface area contributed by atoms with E-state index >= 15 is 0 Å². The van der Waals surface area contributed by atoms with Gasteiger partial charge in [0.2, 0.25) is 5.91 Å². The predicted octanol–water partition coefficient (Wildman–Crippen LogP) is 1.56. The first-order valence-corrected chi connectivity index (χ1v) is 12.1. The molecule has 0 unspecified atom stereocenters. The fourth-order valence-electron chi connectivity index (χ4n) is 4.66. The van der Waals surface area contributed by atoms with Gasteiger partial charge < -0.3 is 5.32 Å². The van der Waals surface area contributed by atoms with Crippen molar-refractivity contribution < 1.29 is 13.2 Å². The predicted molar refractivity (Wildman–Crippen MR) is 107 cm³/mol. The van der Waals surface area contributed by atoms with Crippen LogP contribution in [0.4, 0.5) is 0 Å². The average Bonchev–Trinajstić information content (AvgIpc) is 2.69. The van der Waals surface area contributed by atoms with E-state index in [0.29, 0.717) is 38.8 Å². The molecule has 0 spiro atoms. The van der Waals surface area contributed by atoms with Crippen molar-refractivity contribution in [2.24, 2.45) is 0 Å². The van der Waals surface area contributed by atoms with Gasteiger partial charge >= 0.3 is 0 Å². The number of nitrogens with one attached hydrogen (secondary N) is 1. The van der Waals surface area contributed by atoms with Crippen molar-refractivity contribution in [1.82, 2.24) is 18.8 Å². The van der Waals surface area contributed by atoms with Crippen LogP contribution < -0.4 is 5.32 Å². The van der Waals surface area contributed by atoms with Crippen molar-refractivity contribution in [3.8, 4) is 0 Å². The summed E-state index contributed by atoms with van der Waals surface area (Å²) in [6.45, 7) is 2.56. The van der Waals surface area contributed by atoms with Gasteiger partial charge in [-0.1, -0.05) is 38.5 Å². The van der Waals surface area contributed by atoms with Crippen molar-refractivity contribution in [1.29, 1.82) is 0 Å². The van der Waals surface area contributed by atoms with Crippen LogP contribution in [-0.2, 0) is 15.0 Å². The Balaban J connectivity index is 1.44. The third-order valence-corrected chi connectivity index (χ3v) is 8.49. The van der Waals surface area contributed by atoms with Crippen molar-refractivity contribution in [2.45, 2.75) is 76.3 Å². The molecule has 3 fully saturated rings. The lowest BCUT2D eigenvalue weighted by atomic mass is 9.95. The summed E-state index contributed by atoms with van der Waals surface area (Å²) >= 11 is 0. The molecule has 1 amide bonds. The number of rotatable bonds is 6. The first-order chi connectivity index (χ1) is 13.0. The molecule has 3 aliphatic rings. The largest absolute Gasteiger partial charge is 0.352 e. The van der Waals surface area contributed by atoms with E-state index < -0.39 is 10.2 Å². The monoisotopic (exact) mass is 400 g/mol. The molecule has 1 N–H and O–H groups in total. The summed E-state index contributed by atoms with van der Waals surface area (Å²) in [4.78, 5) is 14.4. The fraction of sp³-hybridized carbons (Fsp3) is 0.947. The zero-order chi connectivity index (χ0) is 19.3. The molecular weight excluding hydrogens is 364 g/mol. The lowest BCUT2D eigenvalue weighted by molar-refractivity contribution is -0.123. The molecule has 0 radical (unpaired) electrons. The van der Waals surface area contributed by atoms with Gasteiger partial charge in [0.15, 0.2) is 0 Å². The van der Waals surface area contributed by atoms with Crippen LogP contribution in [0.5, 0.6) is 0 Å². The Bertz CT molecular complexity index is 578. The van der Waals surface area contributed by atoms with E-state index in [1.165, 1.54) is 25.7 Å². The third-order valence-electron chi connectivity index (χ3n) is 6.45. The van der Waals surface area contributed by atoms with Crippen LogP contribution in [-0.4, -0.2) is 79.7 Å². The number of hydrogen-bond donors (Lipinski definition) is 1. The Hall–Kier alpha value is -0.700. The maximum atomic E-state index is 12.9. The minimum atomic E-state index is -3.40. The summed E-state index contributed by atoms with van der Waals surface area (Å²) in [6, 6.07) is 0.472. The number of amides is 1. The molecule has 1 aliphatic heterocycles. The van der Waals surface area contributed by atoms with Crippen LogP contribution in [0.3, 0.4) is 0 Å². The molecule has 2 aliphatic carbocycles. The summed E-state index contributed by atoms with van der Waals surface area (Å²) in [6.07, 6.45) is 11.3. The van der Waals surface area contributed by atoms with Gasteiger partial charge in [-0.05, 0) is 25.7 Å². The van der Waals surface area contributed by atoms with Crippen LogP contribution >= 0.6 is 0 Å². The van der Waals surface area contributed by atoms with Gasteiger partial charge in [-0.25, -0.2) is 0 Å². The molecule has 0 aromatic carbocycles. The second kappa shape index (κ2) is 9.67. The highest BCUT2D eigenvalue weighted by molar-refractivity contribution is 7.86. The first kappa shape index (κ1) is 21.0. The highest BCUT2D eigenvalue weighted by atomic mass is 32.2. The van der Waals surface area contributed by atoms with Gasteiger partial charge in [-0.3, -0.25) is 9.69 Å². The number of piperazine rings is 1. The second-order valence-corrected chi connectivity index (χ2v) is 10.4. The van der Waals surface area contributed by atoms with Gasteiger partial charge in [0, 0.05) is 45.3 Å². The van der Waals surface area contributed by atoms with Crippen LogP contribution in [0, 0.1) is 0 Å². The molecule has 0 aromatic rings. The smallest absolute Gasteiger partial charge is 0.282 e. The highest BCUT2D eigenvalue weighted by Crippen LogP contribution is 2.25. The van der Waals surface area contributed by atoms with Crippen molar-refractivity contribution >= 4 is 16.1 Å². The van der Waals surface area contributed by atoms with Crippen LogP contribution in [0.1, 0.15) is 64.2 Å². The second-order valence-electron chi connectivity index (χ2n) is 8.39. The number of hydrogen-bond acceptors (Lipinski definition) is 4. The van der Waals surface area contributed by atoms with Crippen LogP contribution in [0.25, 0.3) is 0 Å². The Labute approximate surface area is 164 Å². The summed E-state index contributed by atoms with van der Waals surface area (Å²) in [5.41, 5.74) is 0. The maximum Gasteiger partial charge on any atom is 0.282 e. The molecule has 3 rings (SSSR count). The Kier molecular flexibility index (Phi) is 7.53. The Morgan fingerprint density at radius 3 is 2.07 bits per heavy atom. The van der Waals surface area contributed by atoms with Gasteiger partial charge in [0.1, 0.15) is 0 Å². The highest BCUT2D eigenvalue weighted by Gasteiger charge is 2.34. The minimum absolute atomic E-state index is 0.0810. The van der Waals surface area contributed by atoms with E-state index in [-0.39, 0.29) is 11.9 Å². The molecular formula is C19H36N4O3S. The Morgan fingerprint density at radius 1 is 0.926 bits per heavy atom. The van der Waals surface area contributed by atoms with Crippen LogP contribution in [0.2, 0.25) is 0 Å². The molecule has 1 heterocycles. The molecule has 8 heteroatoms. The maximum absolute atomic E-state index is 12.9. The topological polar surface area (TPSA) is 73.0 Å². The van der Waals surface area contributed by atoms with Gasteiger partial charge in [0.05, 0.1) is 6.54 Å². The summed E-state index contributed by atoms with van der Waals surface area (Å²) in [5.74, 6) is 0.0810. The van der Waals surface area contributed by atoms with Gasteiger partial charge in [-0.2, -0.15) is 17.0 Å². The molecule has 2 saturated carbocycles. The van der Waals surface area contributed by atoms with Crippen molar-refractivity contribution in [2.75, 3.05) is 39.8 Å². The molecule has 27 heavy (non-hydrogen) atoms. The van der Waals surface area contributed by atoms with E-state index in [2.05, 4.69) is 10.2 Å². The summed E-state index contributed by atoms with van der Waals surface area (Å²) in [5, 5.41) is 3.15. The summed E-state index contributed by atoms with van der Waals surface area (Å²) in [7, 11) is -1.67. The average molecular weight is 401 g/mol. The van der Waals surface area contributed by atoms with Gasteiger partial charge in [-0.15, -0.1) is 0 Å². The molecule has 0 aromatic heterocycles. The standard InChI is InChI=1S/C19H36N4O3S/c1-21(18-10-6-3-7-11-18)27(25,26)23-14-12-22(13-15-23)16-19(24)20-17-8-4-2-5-9-17/h17-18H,2-16H2,1H3,(H,20,24). The van der Waals surface area contributed by atoms with Crippen molar-refractivity contribution in [3.05, 3.63) is 0 Å². The molecule has 0 atom stereocenters. The van der Waals surface area contributed by atoms with E-state index in [1.807, 2.05) is 0 Å². The molecule has 156 valence electrons. The van der Waals surface area contributed by atoms with E-state index in [9.17, 15) is 13.2 Å². The number of carbonyl (C=O) groups is 1. The quantitative estimate of drug-likeness (QED) is 0.734. The Morgan fingerprint density at radius 2 is 1.48 bits per heavy atom. The normalized spacial score (nSPS) is 25.0.